The van der Waals surface area contributed by atoms with Gasteiger partial charge in [0.25, 0.3) is 5.91 Å². The summed E-state index contributed by atoms with van der Waals surface area (Å²) < 4.78 is 10.5. The van der Waals surface area contributed by atoms with Crippen LogP contribution in [0.3, 0.4) is 0 Å². The number of carbonyl (C=O) groups is 1. The molecule has 0 spiro atoms. The highest BCUT2D eigenvalue weighted by Crippen LogP contribution is 2.20. The SMILES string of the molecule is COc1cc(CNC(=O)c2c(C)oc(C)c2C)ccn1. The molecule has 5 nitrogen and oxygen atoms in total. The van der Waals surface area contributed by atoms with Crippen LogP contribution in [0.2, 0.25) is 0 Å². The van der Waals surface area contributed by atoms with Crippen molar-refractivity contribution in [2.75, 3.05) is 7.11 Å². The zero-order chi connectivity index (χ0) is 14.7. The van der Waals surface area contributed by atoms with E-state index in [-0.39, 0.29) is 5.91 Å². The van der Waals surface area contributed by atoms with Crippen LogP contribution in [0.5, 0.6) is 5.88 Å². The number of carbonyl (C=O) groups excluding carboxylic acids is 1. The molecule has 0 aliphatic heterocycles. The van der Waals surface area contributed by atoms with E-state index in [1.165, 1.54) is 0 Å². The molecular formula is C15H18N2O3. The summed E-state index contributed by atoms with van der Waals surface area (Å²) in [5.74, 6) is 1.82. The first kappa shape index (κ1) is 14.1. The smallest absolute Gasteiger partial charge is 0.255 e. The van der Waals surface area contributed by atoms with E-state index < -0.39 is 0 Å². The number of amides is 1. The van der Waals surface area contributed by atoms with Gasteiger partial charge in [-0.15, -0.1) is 0 Å². The summed E-state index contributed by atoms with van der Waals surface area (Å²) in [6.07, 6.45) is 1.65. The minimum atomic E-state index is -0.132. The molecule has 0 atom stereocenters. The van der Waals surface area contributed by atoms with Crippen LogP contribution in [-0.4, -0.2) is 18.0 Å². The summed E-state index contributed by atoms with van der Waals surface area (Å²) in [7, 11) is 1.56. The largest absolute Gasteiger partial charge is 0.481 e. The van der Waals surface area contributed by atoms with E-state index in [2.05, 4.69) is 10.3 Å². The minimum Gasteiger partial charge on any atom is -0.481 e. The lowest BCUT2D eigenvalue weighted by Gasteiger charge is -2.06. The molecule has 0 unspecified atom stereocenters. The van der Waals surface area contributed by atoms with Gasteiger partial charge in [-0.2, -0.15) is 0 Å². The van der Waals surface area contributed by atoms with E-state index in [0.29, 0.717) is 23.7 Å². The van der Waals surface area contributed by atoms with Crippen molar-refractivity contribution < 1.29 is 13.9 Å². The third-order valence-corrected chi connectivity index (χ3v) is 3.25. The summed E-state index contributed by atoms with van der Waals surface area (Å²) in [5.41, 5.74) is 2.43. The second kappa shape index (κ2) is 5.77. The molecule has 1 N–H and O–H groups in total. The molecule has 0 fully saturated rings. The van der Waals surface area contributed by atoms with Crippen LogP contribution in [0, 0.1) is 20.8 Å². The van der Waals surface area contributed by atoms with Gasteiger partial charge in [0.05, 0.1) is 12.7 Å². The number of ether oxygens (including phenoxy) is 1. The van der Waals surface area contributed by atoms with Crippen molar-refractivity contribution in [3.63, 3.8) is 0 Å². The van der Waals surface area contributed by atoms with Gasteiger partial charge in [-0.1, -0.05) is 0 Å². The maximum atomic E-state index is 12.2. The van der Waals surface area contributed by atoms with Gasteiger partial charge in [0, 0.05) is 24.4 Å². The molecule has 106 valence electrons. The molecule has 0 aliphatic carbocycles. The molecule has 1 amide bonds. The number of nitrogens with zero attached hydrogens (tertiary/aromatic N) is 1. The van der Waals surface area contributed by atoms with Crippen LogP contribution in [0.15, 0.2) is 22.7 Å². The van der Waals surface area contributed by atoms with Crippen LogP contribution in [0.1, 0.15) is 33.0 Å². The lowest BCUT2D eigenvalue weighted by atomic mass is 10.1. The van der Waals surface area contributed by atoms with Crippen LogP contribution >= 0.6 is 0 Å². The molecule has 0 aliphatic rings. The number of furan rings is 1. The Kier molecular flexibility index (Phi) is 4.08. The van der Waals surface area contributed by atoms with Gasteiger partial charge in [-0.05, 0) is 32.4 Å². The van der Waals surface area contributed by atoms with Crippen molar-refractivity contribution in [2.45, 2.75) is 27.3 Å². The van der Waals surface area contributed by atoms with Gasteiger partial charge < -0.3 is 14.5 Å². The highest BCUT2D eigenvalue weighted by Gasteiger charge is 2.18. The number of rotatable bonds is 4. The highest BCUT2D eigenvalue weighted by molar-refractivity contribution is 5.96. The van der Waals surface area contributed by atoms with Crippen LogP contribution < -0.4 is 10.1 Å². The Labute approximate surface area is 118 Å². The lowest BCUT2D eigenvalue weighted by Crippen LogP contribution is -2.23. The number of hydrogen-bond donors (Lipinski definition) is 1. The van der Waals surface area contributed by atoms with E-state index in [1.54, 1.807) is 26.3 Å². The van der Waals surface area contributed by atoms with Crippen molar-refractivity contribution in [1.29, 1.82) is 0 Å². The lowest BCUT2D eigenvalue weighted by molar-refractivity contribution is 0.0949. The fourth-order valence-corrected chi connectivity index (χ4v) is 2.07. The molecule has 2 rings (SSSR count). The number of hydrogen-bond acceptors (Lipinski definition) is 4. The van der Waals surface area contributed by atoms with E-state index in [0.717, 1.165) is 16.9 Å². The molecule has 0 aromatic carbocycles. The molecular weight excluding hydrogens is 256 g/mol. The second-order valence-corrected chi connectivity index (χ2v) is 4.60. The molecule has 20 heavy (non-hydrogen) atoms. The number of aromatic nitrogens is 1. The highest BCUT2D eigenvalue weighted by atomic mass is 16.5. The summed E-state index contributed by atoms with van der Waals surface area (Å²) >= 11 is 0. The average Bonchev–Trinajstić information content (AvgIpc) is 2.70. The van der Waals surface area contributed by atoms with Crippen molar-refractivity contribution in [3.8, 4) is 5.88 Å². The third-order valence-electron chi connectivity index (χ3n) is 3.25. The molecule has 0 saturated carbocycles. The fraction of sp³-hybridized carbons (Fsp3) is 0.333. The Morgan fingerprint density at radius 2 is 2.10 bits per heavy atom. The maximum Gasteiger partial charge on any atom is 0.255 e. The zero-order valence-electron chi connectivity index (χ0n) is 12.1. The maximum absolute atomic E-state index is 12.2. The number of aryl methyl sites for hydroxylation is 2. The molecule has 5 heteroatoms. The van der Waals surface area contributed by atoms with Gasteiger partial charge in [0.2, 0.25) is 5.88 Å². The summed E-state index contributed by atoms with van der Waals surface area (Å²) in [6, 6.07) is 3.63. The Morgan fingerprint density at radius 1 is 1.35 bits per heavy atom. The van der Waals surface area contributed by atoms with Gasteiger partial charge >= 0.3 is 0 Å². The zero-order valence-corrected chi connectivity index (χ0v) is 12.1. The monoisotopic (exact) mass is 274 g/mol. The predicted octanol–water partition coefficient (Wildman–Crippen LogP) is 2.54. The topological polar surface area (TPSA) is 64.4 Å². The van der Waals surface area contributed by atoms with Crippen molar-refractivity contribution in [2.24, 2.45) is 0 Å². The van der Waals surface area contributed by atoms with Crippen LogP contribution in [0.25, 0.3) is 0 Å². The van der Waals surface area contributed by atoms with E-state index >= 15 is 0 Å². The quantitative estimate of drug-likeness (QED) is 0.930. The molecule has 0 bridgehead atoms. The summed E-state index contributed by atoms with van der Waals surface area (Å²) in [4.78, 5) is 16.2. The van der Waals surface area contributed by atoms with Crippen molar-refractivity contribution >= 4 is 5.91 Å². The van der Waals surface area contributed by atoms with Gasteiger partial charge in [-0.3, -0.25) is 4.79 Å². The normalized spacial score (nSPS) is 10.4. The van der Waals surface area contributed by atoms with E-state index in [4.69, 9.17) is 9.15 Å². The molecule has 0 saturated heterocycles. The standard InChI is InChI=1S/C15H18N2O3/c1-9-10(2)20-11(3)14(9)15(18)17-8-12-5-6-16-13(7-12)19-4/h5-7H,8H2,1-4H3,(H,17,18). The Morgan fingerprint density at radius 3 is 2.70 bits per heavy atom. The Balaban J connectivity index is 2.08. The van der Waals surface area contributed by atoms with Crippen molar-refractivity contribution in [1.82, 2.24) is 10.3 Å². The number of pyridine rings is 1. The molecule has 2 aromatic heterocycles. The van der Waals surface area contributed by atoms with Crippen LogP contribution in [0.4, 0.5) is 0 Å². The third kappa shape index (κ3) is 2.82. The van der Waals surface area contributed by atoms with Gasteiger partial charge in [0.15, 0.2) is 0 Å². The second-order valence-electron chi connectivity index (χ2n) is 4.60. The first-order valence-corrected chi connectivity index (χ1v) is 6.36. The van der Waals surface area contributed by atoms with Crippen molar-refractivity contribution in [3.05, 3.63) is 46.5 Å². The van der Waals surface area contributed by atoms with Crippen LogP contribution in [-0.2, 0) is 6.54 Å². The minimum absolute atomic E-state index is 0.132. The van der Waals surface area contributed by atoms with Gasteiger partial charge in [0.1, 0.15) is 11.5 Å². The van der Waals surface area contributed by atoms with Gasteiger partial charge in [-0.25, -0.2) is 4.98 Å². The first-order valence-electron chi connectivity index (χ1n) is 6.36. The summed E-state index contributed by atoms with van der Waals surface area (Å²) in [5, 5.41) is 2.88. The predicted molar refractivity (Wildman–Crippen MR) is 74.9 cm³/mol. The average molecular weight is 274 g/mol. The molecule has 2 heterocycles. The molecule has 0 radical (unpaired) electrons. The Hall–Kier alpha value is -2.30. The fourth-order valence-electron chi connectivity index (χ4n) is 2.07. The summed E-state index contributed by atoms with van der Waals surface area (Å²) in [6.45, 7) is 5.95. The Bertz CT molecular complexity index is 632. The molecule has 2 aromatic rings. The first-order chi connectivity index (χ1) is 9.52. The van der Waals surface area contributed by atoms with E-state index in [1.807, 2.05) is 19.9 Å². The number of nitrogens with one attached hydrogen (secondary N) is 1. The van der Waals surface area contributed by atoms with E-state index in [9.17, 15) is 4.79 Å². The number of methoxy groups -OCH3 is 1.